The van der Waals surface area contributed by atoms with Crippen LogP contribution in [0.15, 0.2) is 0 Å². The number of likely N-dealkylation sites (tertiary alicyclic amines) is 1. The van der Waals surface area contributed by atoms with Crippen molar-refractivity contribution in [3.05, 3.63) is 15.6 Å². The van der Waals surface area contributed by atoms with Crippen molar-refractivity contribution in [2.45, 2.75) is 38.7 Å². The third-order valence-corrected chi connectivity index (χ3v) is 4.54. The number of piperidine rings is 1. The average molecular weight is 240 g/mol. The Morgan fingerprint density at radius 1 is 1.38 bits per heavy atom. The van der Waals surface area contributed by atoms with E-state index in [9.17, 15) is 5.11 Å². The SMILES string of the molecule is Cc1nc(CC2(O)CCN(C)CC2)sc1C. The van der Waals surface area contributed by atoms with Gasteiger partial charge in [0.15, 0.2) is 0 Å². The first kappa shape index (κ1) is 12.0. The highest BCUT2D eigenvalue weighted by Gasteiger charge is 2.32. The molecule has 0 aliphatic carbocycles. The molecule has 0 spiro atoms. The second kappa shape index (κ2) is 4.43. The number of thiazole rings is 1. The first-order valence-corrected chi connectivity index (χ1v) is 6.64. The smallest absolute Gasteiger partial charge is 0.0959 e. The summed E-state index contributed by atoms with van der Waals surface area (Å²) in [5.41, 5.74) is 0.583. The molecule has 1 aliphatic heterocycles. The lowest BCUT2D eigenvalue weighted by Crippen LogP contribution is -2.44. The van der Waals surface area contributed by atoms with Gasteiger partial charge in [-0.15, -0.1) is 11.3 Å². The summed E-state index contributed by atoms with van der Waals surface area (Å²) < 4.78 is 0. The van der Waals surface area contributed by atoms with E-state index in [4.69, 9.17) is 0 Å². The molecule has 90 valence electrons. The number of aryl methyl sites for hydroxylation is 2. The summed E-state index contributed by atoms with van der Waals surface area (Å²) >= 11 is 1.72. The molecule has 0 atom stereocenters. The Morgan fingerprint density at radius 3 is 2.50 bits per heavy atom. The Hall–Kier alpha value is -0.450. The molecule has 0 amide bonds. The number of rotatable bonds is 2. The molecular weight excluding hydrogens is 220 g/mol. The lowest BCUT2D eigenvalue weighted by atomic mass is 9.89. The Labute approximate surface area is 101 Å². The highest BCUT2D eigenvalue weighted by atomic mass is 32.1. The number of nitrogens with zero attached hydrogens (tertiary/aromatic N) is 2. The van der Waals surface area contributed by atoms with Crippen LogP contribution in [0.1, 0.15) is 28.4 Å². The molecule has 1 aromatic rings. The maximum Gasteiger partial charge on any atom is 0.0959 e. The number of aromatic nitrogens is 1. The van der Waals surface area contributed by atoms with E-state index in [1.54, 1.807) is 11.3 Å². The third kappa shape index (κ3) is 2.62. The quantitative estimate of drug-likeness (QED) is 0.856. The van der Waals surface area contributed by atoms with Gasteiger partial charge in [0.2, 0.25) is 0 Å². The molecule has 0 bridgehead atoms. The van der Waals surface area contributed by atoms with E-state index in [0.717, 1.165) is 43.1 Å². The molecule has 1 N–H and O–H groups in total. The Kier molecular flexibility index (Phi) is 3.33. The molecular formula is C12H20N2OS. The van der Waals surface area contributed by atoms with E-state index in [1.807, 2.05) is 6.92 Å². The largest absolute Gasteiger partial charge is 0.389 e. The Bertz CT molecular complexity index is 348. The van der Waals surface area contributed by atoms with Crippen LogP contribution in [0, 0.1) is 13.8 Å². The zero-order chi connectivity index (χ0) is 11.8. The Balaban J connectivity index is 2.03. The number of hydrogen-bond donors (Lipinski definition) is 1. The van der Waals surface area contributed by atoms with Crippen LogP contribution >= 0.6 is 11.3 Å². The van der Waals surface area contributed by atoms with Crippen LogP contribution in [0.5, 0.6) is 0 Å². The van der Waals surface area contributed by atoms with Crippen molar-refractivity contribution in [2.75, 3.05) is 20.1 Å². The first-order chi connectivity index (χ1) is 7.48. The van der Waals surface area contributed by atoms with Crippen molar-refractivity contribution in [3.63, 3.8) is 0 Å². The maximum absolute atomic E-state index is 10.5. The van der Waals surface area contributed by atoms with Crippen molar-refractivity contribution >= 4 is 11.3 Å². The maximum atomic E-state index is 10.5. The molecule has 0 unspecified atom stereocenters. The molecule has 0 saturated carbocycles. The fourth-order valence-electron chi connectivity index (χ4n) is 2.11. The van der Waals surface area contributed by atoms with Gasteiger partial charge in [0.25, 0.3) is 0 Å². The van der Waals surface area contributed by atoms with Gasteiger partial charge in [0, 0.05) is 24.4 Å². The predicted molar refractivity (Wildman–Crippen MR) is 67.0 cm³/mol. The molecule has 4 heteroatoms. The second-order valence-electron chi connectivity index (χ2n) is 4.95. The molecule has 1 fully saturated rings. The standard InChI is InChI=1S/C12H20N2OS/c1-9-10(2)16-11(13-9)8-12(15)4-6-14(3)7-5-12/h15H,4-8H2,1-3H3. The van der Waals surface area contributed by atoms with E-state index < -0.39 is 5.60 Å². The zero-order valence-electron chi connectivity index (χ0n) is 10.3. The van der Waals surface area contributed by atoms with Gasteiger partial charge in [-0.3, -0.25) is 0 Å². The second-order valence-corrected chi connectivity index (χ2v) is 6.24. The van der Waals surface area contributed by atoms with Crippen molar-refractivity contribution in [1.29, 1.82) is 0 Å². The van der Waals surface area contributed by atoms with E-state index in [0.29, 0.717) is 0 Å². The van der Waals surface area contributed by atoms with Gasteiger partial charge in [0.05, 0.1) is 16.3 Å². The minimum atomic E-state index is -0.525. The van der Waals surface area contributed by atoms with Crippen LogP contribution in [-0.2, 0) is 6.42 Å². The molecule has 2 rings (SSSR count). The van der Waals surface area contributed by atoms with E-state index in [-0.39, 0.29) is 0 Å². The summed E-state index contributed by atoms with van der Waals surface area (Å²) in [4.78, 5) is 8.05. The highest BCUT2D eigenvalue weighted by molar-refractivity contribution is 7.11. The van der Waals surface area contributed by atoms with Gasteiger partial charge in [-0.25, -0.2) is 4.98 Å². The monoisotopic (exact) mass is 240 g/mol. The summed E-state index contributed by atoms with van der Waals surface area (Å²) in [5, 5.41) is 11.6. The molecule has 0 aromatic carbocycles. The Morgan fingerprint density at radius 2 is 2.00 bits per heavy atom. The van der Waals surface area contributed by atoms with Crippen LogP contribution < -0.4 is 0 Å². The summed E-state index contributed by atoms with van der Waals surface area (Å²) in [6, 6.07) is 0. The van der Waals surface area contributed by atoms with Crippen molar-refractivity contribution in [1.82, 2.24) is 9.88 Å². The molecule has 16 heavy (non-hydrogen) atoms. The van der Waals surface area contributed by atoms with Crippen molar-refractivity contribution < 1.29 is 5.11 Å². The highest BCUT2D eigenvalue weighted by Crippen LogP contribution is 2.28. The average Bonchev–Trinajstić information content (AvgIpc) is 2.51. The van der Waals surface area contributed by atoms with Crippen LogP contribution in [0.4, 0.5) is 0 Å². The lowest BCUT2D eigenvalue weighted by molar-refractivity contribution is -0.0150. The summed E-state index contributed by atoms with van der Waals surface area (Å²) in [7, 11) is 2.11. The van der Waals surface area contributed by atoms with Gasteiger partial charge in [-0.2, -0.15) is 0 Å². The summed E-state index contributed by atoms with van der Waals surface area (Å²) in [5.74, 6) is 0. The van der Waals surface area contributed by atoms with Crippen LogP contribution in [0.3, 0.4) is 0 Å². The van der Waals surface area contributed by atoms with Gasteiger partial charge >= 0.3 is 0 Å². The zero-order valence-corrected chi connectivity index (χ0v) is 11.1. The number of aliphatic hydroxyl groups is 1. The third-order valence-electron chi connectivity index (χ3n) is 3.47. The minimum Gasteiger partial charge on any atom is -0.389 e. The topological polar surface area (TPSA) is 36.4 Å². The fraction of sp³-hybridized carbons (Fsp3) is 0.750. The molecule has 1 saturated heterocycles. The van der Waals surface area contributed by atoms with Gasteiger partial charge in [-0.05, 0) is 33.7 Å². The van der Waals surface area contributed by atoms with Gasteiger partial charge in [-0.1, -0.05) is 0 Å². The molecule has 1 aromatic heterocycles. The van der Waals surface area contributed by atoms with Gasteiger partial charge < -0.3 is 10.0 Å². The van der Waals surface area contributed by atoms with Crippen LogP contribution in [0.2, 0.25) is 0 Å². The van der Waals surface area contributed by atoms with Gasteiger partial charge in [0.1, 0.15) is 0 Å². The molecule has 1 aliphatic rings. The number of hydrogen-bond acceptors (Lipinski definition) is 4. The summed E-state index contributed by atoms with van der Waals surface area (Å²) in [6.07, 6.45) is 2.45. The normalized spacial score (nSPS) is 21.2. The fourth-order valence-corrected chi connectivity index (χ4v) is 3.18. The van der Waals surface area contributed by atoms with E-state index >= 15 is 0 Å². The van der Waals surface area contributed by atoms with E-state index in [2.05, 4.69) is 23.9 Å². The van der Waals surface area contributed by atoms with Crippen LogP contribution in [-0.4, -0.2) is 40.7 Å². The minimum absolute atomic E-state index is 0.525. The van der Waals surface area contributed by atoms with Crippen LogP contribution in [0.25, 0.3) is 0 Å². The van der Waals surface area contributed by atoms with Crippen molar-refractivity contribution in [3.8, 4) is 0 Å². The first-order valence-electron chi connectivity index (χ1n) is 5.82. The predicted octanol–water partition coefficient (Wildman–Crippen LogP) is 1.76. The van der Waals surface area contributed by atoms with Crippen molar-refractivity contribution in [2.24, 2.45) is 0 Å². The molecule has 3 nitrogen and oxygen atoms in total. The molecule has 2 heterocycles. The van der Waals surface area contributed by atoms with E-state index in [1.165, 1.54) is 4.88 Å². The lowest BCUT2D eigenvalue weighted by Gasteiger charge is -2.36. The summed E-state index contributed by atoms with van der Waals surface area (Å²) in [6.45, 7) is 6.10. The molecule has 0 radical (unpaired) electrons.